The minimum absolute atomic E-state index is 0.280. The van der Waals surface area contributed by atoms with E-state index in [0.29, 0.717) is 22.4 Å². The van der Waals surface area contributed by atoms with Gasteiger partial charge in [0.25, 0.3) is 0 Å². The van der Waals surface area contributed by atoms with E-state index in [2.05, 4.69) is 0 Å². The monoisotopic (exact) mass is 368 g/mol. The predicted molar refractivity (Wildman–Crippen MR) is 107 cm³/mol. The van der Waals surface area contributed by atoms with Crippen molar-refractivity contribution in [3.05, 3.63) is 108 Å². The number of para-hydroxylation sites is 2. The fourth-order valence-electron chi connectivity index (χ4n) is 2.90. The summed E-state index contributed by atoms with van der Waals surface area (Å²) in [6.45, 7) is 0. The van der Waals surface area contributed by atoms with Crippen molar-refractivity contribution in [2.75, 3.05) is 0 Å². The number of carbonyl (C=O) groups excluding carboxylic acids is 2. The summed E-state index contributed by atoms with van der Waals surface area (Å²) in [4.78, 5) is 25.4. The van der Waals surface area contributed by atoms with Gasteiger partial charge in [-0.1, -0.05) is 60.7 Å². The Balaban J connectivity index is 1.71. The zero-order valence-corrected chi connectivity index (χ0v) is 14.9. The summed E-state index contributed by atoms with van der Waals surface area (Å²) in [6, 6.07) is 28.2. The molecule has 0 aromatic heterocycles. The number of benzene rings is 4. The van der Waals surface area contributed by atoms with Gasteiger partial charge in [-0.3, -0.25) is 0 Å². The molecule has 0 heterocycles. The van der Waals surface area contributed by atoms with E-state index in [9.17, 15) is 9.59 Å². The van der Waals surface area contributed by atoms with Gasteiger partial charge in [0.05, 0.1) is 11.1 Å². The van der Waals surface area contributed by atoms with Crippen LogP contribution in [-0.2, 0) is 0 Å². The number of hydrogen-bond donors (Lipinski definition) is 0. The standard InChI is InChI=1S/C24H16O4/c25-23(27-19-10-3-1-4-11-19)18-15-17-9-7-8-14-21(17)22(16-18)24(26)28-20-12-5-2-6-13-20/h1-16H. The Morgan fingerprint density at radius 1 is 0.571 bits per heavy atom. The molecule has 0 radical (unpaired) electrons. The second kappa shape index (κ2) is 7.76. The van der Waals surface area contributed by atoms with Crippen LogP contribution in [0.2, 0.25) is 0 Å². The Labute approximate surface area is 162 Å². The van der Waals surface area contributed by atoms with Crippen molar-refractivity contribution in [1.29, 1.82) is 0 Å². The zero-order chi connectivity index (χ0) is 19.3. The van der Waals surface area contributed by atoms with E-state index in [1.807, 2.05) is 36.4 Å². The van der Waals surface area contributed by atoms with Gasteiger partial charge < -0.3 is 9.47 Å². The molecule has 0 aliphatic heterocycles. The van der Waals surface area contributed by atoms with E-state index in [0.717, 1.165) is 5.39 Å². The number of rotatable bonds is 4. The van der Waals surface area contributed by atoms with Gasteiger partial charge in [0, 0.05) is 0 Å². The van der Waals surface area contributed by atoms with Crippen molar-refractivity contribution in [2.24, 2.45) is 0 Å². The first-order valence-electron chi connectivity index (χ1n) is 8.78. The Kier molecular flexibility index (Phi) is 4.85. The second-order valence-corrected chi connectivity index (χ2v) is 6.15. The first-order valence-corrected chi connectivity index (χ1v) is 8.78. The van der Waals surface area contributed by atoms with Crippen LogP contribution in [0, 0.1) is 0 Å². The molecule has 0 aliphatic rings. The molecular formula is C24H16O4. The van der Waals surface area contributed by atoms with Gasteiger partial charge in [-0.2, -0.15) is 0 Å². The lowest BCUT2D eigenvalue weighted by Crippen LogP contribution is -2.13. The molecule has 0 aliphatic carbocycles. The molecule has 0 saturated heterocycles. The average molecular weight is 368 g/mol. The molecule has 4 heteroatoms. The molecule has 0 fully saturated rings. The van der Waals surface area contributed by atoms with E-state index in [1.165, 1.54) is 6.07 Å². The zero-order valence-electron chi connectivity index (χ0n) is 14.9. The molecule has 0 unspecified atom stereocenters. The second-order valence-electron chi connectivity index (χ2n) is 6.15. The molecule has 4 aromatic carbocycles. The molecule has 0 saturated carbocycles. The van der Waals surface area contributed by atoms with Crippen molar-refractivity contribution in [2.45, 2.75) is 0 Å². The fraction of sp³-hybridized carbons (Fsp3) is 0. The molecule has 4 aromatic rings. The predicted octanol–water partition coefficient (Wildman–Crippen LogP) is 5.28. The molecule has 0 N–H and O–H groups in total. The third kappa shape index (κ3) is 3.76. The smallest absolute Gasteiger partial charge is 0.344 e. The van der Waals surface area contributed by atoms with E-state index >= 15 is 0 Å². The molecule has 4 nitrogen and oxygen atoms in total. The lowest BCUT2D eigenvalue weighted by Gasteiger charge is -2.10. The Morgan fingerprint density at radius 2 is 1.11 bits per heavy atom. The lowest BCUT2D eigenvalue weighted by atomic mass is 10.0. The normalized spacial score (nSPS) is 10.4. The lowest BCUT2D eigenvalue weighted by molar-refractivity contribution is 0.0734. The highest BCUT2D eigenvalue weighted by atomic mass is 16.5. The van der Waals surface area contributed by atoms with Crippen molar-refractivity contribution in [3.63, 3.8) is 0 Å². The van der Waals surface area contributed by atoms with Crippen LogP contribution in [0.25, 0.3) is 10.8 Å². The third-order valence-electron chi connectivity index (χ3n) is 4.22. The van der Waals surface area contributed by atoms with Crippen molar-refractivity contribution in [1.82, 2.24) is 0 Å². The van der Waals surface area contributed by atoms with Crippen LogP contribution < -0.4 is 9.47 Å². The van der Waals surface area contributed by atoms with Crippen LogP contribution in [0.4, 0.5) is 0 Å². The summed E-state index contributed by atoms with van der Waals surface area (Å²) < 4.78 is 10.9. The fourth-order valence-corrected chi connectivity index (χ4v) is 2.90. The topological polar surface area (TPSA) is 52.6 Å². The first-order chi connectivity index (χ1) is 13.7. The maximum atomic E-state index is 12.8. The van der Waals surface area contributed by atoms with Crippen molar-refractivity contribution in [3.8, 4) is 11.5 Å². The van der Waals surface area contributed by atoms with Crippen LogP contribution in [-0.4, -0.2) is 11.9 Å². The molecule has 0 amide bonds. The number of esters is 2. The van der Waals surface area contributed by atoms with Gasteiger partial charge in [-0.25, -0.2) is 9.59 Å². The maximum absolute atomic E-state index is 12.8. The SMILES string of the molecule is O=C(Oc1ccccc1)c1cc(C(=O)Oc2ccccc2)c2ccccc2c1. The molecule has 0 atom stereocenters. The summed E-state index contributed by atoms with van der Waals surface area (Å²) in [6.07, 6.45) is 0. The third-order valence-corrected chi connectivity index (χ3v) is 4.22. The summed E-state index contributed by atoms with van der Waals surface area (Å²) in [7, 11) is 0. The minimum atomic E-state index is -0.536. The van der Waals surface area contributed by atoms with E-state index in [-0.39, 0.29) is 5.56 Å². The summed E-state index contributed by atoms with van der Waals surface area (Å²) in [5.41, 5.74) is 0.588. The van der Waals surface area contributed by atoms with E-state index in [4.69, 9.17) is 9.47 Å². The van der Waals surface area contributed by atoms with Gasteiger partial charge >= 0.3 is 11.9 Å². The number of ether oxygens (including phenoxy) is 2. The first kappa shape index (κ1) is 17.5. The van der Waals surface area contributed by atoms with Gasteiger partial charge in [0.2, 0.25) is 0 Å². The summed E-state index contributed by atoms with van der Waals surface area (Å²) in [5, 5.41) is 1.46. The Hall–Kier alpha value is -3.92. The Bertz CT molecular complexity index is 1140. The molecule has 4 rings (SSSR count). The van der Waals surface area contributed by atoms with Gasteiger partial charge in [-0.05, 0) is 47.2 Å². The highest BCUT2D eigenvalue weighted by molar-refractivity contribution is 6.08. The highest BCUT2D eigenvalue weighted by Crippen LogP contribution is 2.24. The van der Waals surface area contributed by atoms with Gasteiger partial charge in [0.1, 0.15) is 11.5 Å². The molecular weight excluding hydrogens is 352 g/mol. The minimum Gasteiger partial charge on any atom is -0.423 e. The van der Waals surface area contributed by atoms with Gasteiger partial charge in [-0.15, -0.1) is 0 Å². The van der Waals surface area contributed by atoms with Crippen LogP contribution in [0.3, 0.4) is 0 Å². The molecule has 136 valence electrons. The molecule has 28 heavy (non-hydrogen) atoms. The van der Waals surface area contributed by atoms with Crippen molar-refractivity contribution < 1.29 is 19.1 Å². The van der Waals surface area contributed by atoms with Gasteiger partial charge in [0.15, 0.2) is 0 Å². The molecule has 0 spiro atoms. The van der Waals surface area contributed by atoms with Crippen LogP contribution in [0.15, 0.2) is 97.1 Å². The highest BCUT2D eigenvalue weighted by Gasteiger charge is 2.18. The average Bonchev–Trinajstić information content (AvgIpc) is 2.74. The van der Waals surface area contributed by atoms with Crippen LogP contribution in [0.5, 0.6) is 11.5 Å². The number of carbonyl (C=O) groups is 2. The van der Waals surface area contributed by atoms with Crippen LogP contribution >= 0.6 is 0 Å². The van der Waals surface area contributed by atoms with Crippen molar-refractivity contribution >= 4 is 22.7 Å². The van der Waals surface area contributed by atoms with E-state index < -0.39 is 11.9 Å². The molecule has 0 bridgehead atoms. The summed E-state index contributed by atoms with van der Waals surface area (Å²) >= 11 is 0. The van der Waals surface area contributed by atoms with E-state index in [1.54, 1.807) is 54.6 Å². The summed E-state index contributed by atoms with van der Waals surface area (Å²) in [5.74, 6) is -0.189. The quantitative estimate of drug-likeness (QED) is 0.363. The Morgan fingerprint density at radius 3 is 1.75 bits per heavy atom. The number of hydrogen-bond acceptors (Lipinski definition) is 4. The van der Waals surface area contributed by atoms with Crippen LogP contribution in [0.1, 0.15) is 20.7 Å². The maximum Gasteiger partial charge on any atom is 0.344 e. The largest absolute Gasteiger partial charge is 0.423 e. The number of fused-ring (bicyclic) bond motifs is 1.